The molecule has 0 aromatic carbocycles. The molecule has 5 nitrogen and oxygen atoms in total. The number of hydrogen-bond acceptors (Lipinski definition) is 5. The number of anilines is 1. The van der Waals surface area contributed by atoms with Crippen LogP contribution in [0.15, 0.2) is 12.3 Å². The maximum Gasteiger partial charge on any atom is 0.225 e. The van der Waals surface area contributed by atoms with E-state index in [1.807, 2.05) is 13.8 Å². The molecule has 0 fully saturated rings. The monoisotopic (exact) mass is 239 g/mol. The van der Waals surface area contributed by atoms with E-state index in [9.17, 15) is 0 Å². The normalized spacial score (nSPS) is 10.6. The molecular weight excluding hydrogens is 218 g/mol. The Morgan fingerprint density at radius 2 is 2.18 bits per heavy atom. The summed E-state index contributed by atoms with van der Waals surface area (Å²) in [6.45, 7) is 5.58. The van der Waals surface area contributed by atoms with Crippen LogP contribution in [0.5, 0.6) is 5.88 Å². The Morgan fingerprint density at radius 3 is 2.88 bits per heavy atom. The van der Waals surface area contributed by atoms with Crippen molar-refractivity contribution in [3.05, 3.63) is 12.3 Å². The first kappa shape index (κ1) is 13.7. The molecule has 0 saturated carbocycles. The zero-order chi connectivity index (χ0) is 12.5. The Morgan fingerprint density at radius 1 is 1.35 bits per heavy atom. The van der Waals surface area contributed by atoms with Gasteiger partial charge in [-0.25, -0.2) is 4.98 Å². The van der Waals surface area contributed by atoms with Crippen LogP contribution >= 0.6 is 0 Å². The number of nitrogens with one attached hydrogen (secondary N) is 1. The number of unbranched alkanes of at least 4 members (excludes halogenated alkanes) is 1. The molecule has 0 atom stereocenters. The highest BCUT2D eigenvalue weighted by molar-refractivity contribution is 5.27. The van der Waals surface area contributed by atoms with Gasteiger partial charge in [0.25, 0.3) is 0 Å². The van der Waals surface area contributed by atoms with Gasteiger partial charge in [-0.05, 0) is 26.7 Å². The van der Waals surface area contributed by atoms with Gasteiger partial charge in [-0.3, -0.25) is 0 Å². The highest BCUT2D eigenvalue weighted by Crippen LogP contribution is 2.10. The quantitative estimate of drug-likeness (QED) is 0.704. The first-order valence-electron chi connectivity index (χ1n) is 5.95. The molecule has 0 spiro atoms. The molecule has 0 saturated heterocycles. The summed E-state index contributed by atoms with van der Waals surface area (Å²) >= 11 is 0. The van der Waals surface area contributed by atoms with E-state index >= 15 is 0 Å². The lowest BCUT2D eigenvalue weighted by Gasteiger charge is -2.09. The molecule has 0 radical (unpaired) electrons. The number of nitrogens with zero attached hydrogens (tertiary/aromatic N) is 2. The van der Waals surface area contributed by atoms with E-state index in [1.54, 1.807) is 19.4 Å². The van der Waals surface area contributed by atoms with Crippen molar-refractivity contribution >= 4 is 5.95 Å². The van der Waals surface area contributed by atoms with Gasteiger partial charge in [-0.1, -0.05) is 0 Å². The van der Waals surface area contributed by atoms with E-state index in [0.717, 1.165) is 26.0 Å². The molecule has 0 unspecified atom stereocenters. The van der Waals surface area contributed by atoms with Gasteiger partial charge in [0.1, 0.15) is 0 Å². The molecule has 1 aromatic heterocycles. The Bertz CT molecular complexity index is 318. The first-order valence-corrected chi connectivity index (χ1v) is 5.95. The molecule has 96 valence electrons. The van der Waals surface area contributed by atoms with Crippen molar-refractivity contribution in [2.75, 3.05) is 25.6 Å². The van der Waals surface area contributed by atoms with Crippen LogP contribution in [0.3, 0.4) is 0 Å². The Balaban J connectivity index is 2.32. The molecule has 1 N–H and O–H groups in total. The van der Waals surface area contributed by atoms with Gasteiger partial charge in [0.05, 0.1) is 6.10 Å². The molecule has 5 heteroatoms. The minimum atomic E-state index is 0.124. The smallest absolute Gasteiger partial charge is 0.225 e. The highest BCUT2D eigenvalue weighted by Gasteiger charge is 2.01. The fourth-order valence-electron chi connectivity index (χ4n) is 1.31. The lowest BCUT2D eigenvalue weighted by atomic mass is 10.3. The summed E-state index contributed by atoms with van der Waals surface area (Å²) in [6, 6.07) is 1.76. The number of rotatable bonds is 8. The van der Waals surface area contributed by atoms with Crippen LogP contribution in [0.4, 0.5) is 5.95 Å². The molecule has 1 rings (SSSR count). The van der Waals surface area contributed by atoms with Crippen LogP contribution in [0.25, 0.3) is 0 Å². The molecule has 0 aliphatic rings. The summed E-state index contributed by atoms with van der Waals surface area (Å²) in [7, 11) is 1.71. The standard InChI is InChI=1S/C12H21N3O2/c1-10(2)17-11-6-8-14-12(15-11)13-7-4-5-9-16-3/h6,8,10H,4-5,7,9H2,1-3H3,(H,13,14,15). The summed E-state index contributed by atoms with van der Waals surface area (Å²) in [5.41, 5.74) is 0. The number of methoxy groups -OCH3 is 1. The minimum absolute atomic E-state index is 0.124. The van der Waals surface area contributed by atoms with Crippen LogP contribution in [-0.4, -0.2) is 36.3 Å². The second-order valence-corrected chi connectivity index (χ2v) is 4.01. The molecule has 0 bridgehead atoms. The SMILES string of the molecule is COCCCCNc1nccc(OC(C)C)n1. The molecule has 0 aliphatic heterocycles. The second-order valence-electron chi connectivity index (χ2n) is 4.01. The topological polar surface area (TPSA) is 56.3 Å². The van der Waals surface area contributed by atoms with Gasteiger partial charge >= 0.3 is 0 Å². The van der Waals surface area contributed by atoms with Gasteiger partial charge < -0.3 is 14.8 Å². The van der Waals surface area contributed by atoms with Crippen molar-refractivity contribution < 1.29 is 9.47 Å². The second kappa shape index (κ2) is 7.84. The summed E-state index contributed by atoms with van der Waals surface area (Å²) in [6.07, 6.45) is 3.89. The largest absolute Gasteiger partial charge is 0.475 e. The predicted molar refractivity (Wildman–Crippen MR) is 67.4 cm³/mol. The summed E-state index contributed by atoms with van der Waals surface area (Å²) in [5, 5.41) is 3.16. The summed E-state index contributed by atoms with van der Waals surface area (Å²) < 4.78 is 10.5. The lowest BCUT2D eigenvalue weighted by molar-refractivity contribution is 0.193. The van der Waals surface area contributed by atoms with E-state index in [1.165, 1.54) is 0 Å². The summed E-state index contributed by atoms with van der Waals surface area (Å²) in [4.78, 5) is 8.39. The fourth-order valence-corrected chi connectivity index (χ4v) is 1.31. The molecular formula is C12H21N3O2. The minimum Gasteiger partial charge on any atom is -0.475 e. The third-order valence-corrected chi connectivity index (χ3v) is 2.04. The van der Waals surface area contributed by atoms with E-state index in [4.69, 9.17) is 9.47 Å². The molecule has 17 heavy (non-hydrogen) atoms. The third kappa shape index (κ3) is 6.06. The maximum absolute atomic E-state index is 5.49. The maximum atomic E-state index is 5.49. The van der Waals surface area contributed by atoms with Crippen molar-refractivity contribution in [3.8, 4) is 5.88 Å². The van der Waals surface area contributed by atoms with Crippen LogP contribution in [0.2, 0.25) is 0 Å². The van der Waals surface area contributed by atoms with Crippen molar-refractivity contribution in [2.45, 2.75) is 32.8 Å². The zero-order valence-corrected chi connectivity index (χ0v) is 10.8. The van der Waals surface area contributed by atoms with Crippen molar-refractivity contribution in [3.63, 3.8) is 0 Å². The zero-order valence-electron chi connectivity index (χ0n) is 10.8. The van der Waals surface area contributed by atoms with Gasteiger partial charge in [0.15, 0.2) is 0 Å². The number of aromatic nitrogens is 2. The van der Waals surface area contributed by atoms with E-state index in [2.05, 4.69) is 15.3 Å². The fraction of sp³-hybridized carbons (Fsp3) is 0.667. The third-order valence-electron chi connectivity index (χ3n) is 2.04. The molecule has 1 heterocycles. The van der Waals surface area contributed by atoms with E-state index in [0.29, 0.717) is 11.8 Å². The Hall–Kier alpha value is -1.36. The summed E-state index contributed by atoms with van der Waals surface area (Å²) in [5.74, 6) is 1.22. The van der Waals surface area contributed by atoms with Crippen molar-refractivity contribution in [1.82, 2.24) is 9.97 Å². The average molecular weight is 239 g/mol. The molecule has 0 amide bonds. The Labute approximate surface area is 103 Å². The number of hydrogen-bond donors (Lipinski definition) is 1. The van der Waals surface area contributed by atoms with Crippen LogP contribution in [-0.2, 0) is 4.74 Å². The van der Waals surface area contributed by atoms with Crippen molar-refractivity contribution in [1.29, 1.82) is 0 Å². The molecule has 0 aliphatic carbocycles. The Kier molecular flexibility index (Phi) is 6.32. The van der Waals surface area contributed by atoms with Crippen molar-refractivity contribution in [2.24, 2.45) is 0 Å². The highest BCUT2D eigenvalue weighted by atomic mass is 16.5. The molecule has 1 aromatic rings. The van der Waals surface area contributed by atoms with Gasteiger partial charge in [-0.2, -0.15) is 4.98 Å². The number of ether oxygens (including phenoxy) is 2. The van der Waals surface area contributed by atoms with Crippen LogP contribution in [0.1, 0.15) is 26.7 Å². The van der Waals surface area contributed by atoms with Crippen LogP contribution in [0, 0.1) is 0 Å². The predicted octanol–water partition coefficient (Wildman–Crippen LogP) is 2.10. The van der Waals surface area contributed by atoms with E-state index in [-0.39, 0.29) is 6.10 Å². The average Bonchev–Trinajstić information content (AvgIpc) is 2.28. The van der Waals surface area contributed by atoms with Gasteiger partial charge in [0, 0.05) is 32.5 Å². The van der Waals surface area contributed by atoms with Crippen LogP contribution < -0.4 is 10.1 Å². The van der Waals surface area contributed by atoms with E-state index < -0.39 is 0 Å². The lowest BCUT2D eigenvalue weighted by Crippen LogP contribution is -2.10. The van der Waals surface area contributed by atoms with Gasteiger partial charge in [-0.15, -0.1) is 0 Å². The van der Waals surface area contributed by atoms with Gasteiger partial charge in [0.2, 0.25) is 11.8 Å². The first-order chi connectivity index (χ1) is 8.22.